The van der Waals surface area contributed by atoms with Gasteiger partial charge in [0.25, 0.3) is 0 Å². The minimum absolute atomic E-state index is 0.114. The smallest absolute Gasteiger partial charge is 0.228 e. The summed E-state index contributed by atoms with van der Waals surface area (Å²) in [5, 5.41) is 7.50. The normalized spacial score (nSPS) is 10.9. The molecule has 140 valence electrons. The Bertz CT molecular complexity index is 983. The maximum Gasteiger partial charge on any atom is 0.228 e. The molecular formula is C21H23FN4O. The number of aromatic nitrogens is 3. The van der Waals surface area contributed by atoms with Crippen molar-refractivity contribution in [2.24, 2.45) is 0 Å². The van der Waals surface area contributed by atoms with Crippen molar-refractivity contribution in [3.8, 4) is 5.69 Å². The Hall–Kier alpha value is -3.02. The van der Waals surface area contributed by atoms with Crippen LogP contribution in [0.2, 0.25) is 0 Å². The molecule has 0 unspecified atom stereocenters. The molecular weight excluding hydrogens is 343 g/mol. The third-order valence-electron chi connectivity index (χ3n) is 4.64. The Labute approximate surface area is 158 Å². The number of rotatable bonds is 4. The van der Waals surface area contributed by atoms with Gasteiger partial charge in [-0.1, -0.05) is 0 Å². The zero-order valence-electron chi connectivity index (χ0n) is 16.2. The Balaban J connectivity index is 1.84. The summed E-state index contributed by atoms with van der Waals surface area (Å²) in [6.07, 6.45) is 0.214. The van der Waals surface area contributed by atoms with Gasteiger partial charge in [-0.15, -0.1) is 0 Å². The average molecular weight is 366 g/mol. The number of anilines is 1. The van der Waals surface area contributed by atoms with Crippen molar-refractivity contribution < 1.29 is 9.18 Å². The molecule has 1 amide bonds. The van der Waals surface area contributed by atoms with E-state index >= 15 is 0 Å². The Morgan fingerprint density at radius 1 is 1.07 bits per heavy atom. The number of pyridine rings is 1. The monoisotopic (exact) mass is 366 g/mol. The highest BCUT2D eigenvalue weighted by Gasteiger charge is 2.17. The van der Waals surface area contributed by atoms with Crippen molar-refractivity contribution in [3.05, 3.63) is 70.1 Å². The average Bonchev–Trinajstić information content (AvgIpc) is 2.87. The molecule has 0 saturated carbocycles. The summed E-state index contributed by atoms with van der Waals surface area (Å²) in [6.45, 7) is 9.57. The van der Waals surface area contributed by atoms with Crippen LogP contribution in [0.15, 0.2) is 30.3 Å². The highest BCUT2D eigenvalue weighted by atomic mass is 19.1. The van der Waals surface area contributed by atoms with Gasteiger partial charge in [0.05, 0.1) is 29.2 Å². The summed E-state index contributed by atoms with van der Waals surface area (Å²) in [5.41, 5.74) is 6.75. The number of aryl methyl sites for hydroxylation is 4. The second-order valence-corrected chi connectivity index (χ2v) is 6.80. The van der Waals surface area contributed by atoms with E-state index in [1.54, 1.807) is 16.8 Å². The van der Waals surface area contributed by atoms with Crippen LogP contribution in [-0.2, 0) is 11.2 Å². The van der Waals surface area contributed by atoms with Crippen LogP contribution in [0, 0.1) is 40.4 Å². The van der Waals surface area contributed by atoms with Gasteiger partial charge in [0.2, 0.25) is 5.91 Å². The molecule has 6 heteroatoms. The molecule has 2 heterocycles. The van der Waals surface area contributed by atoms with E-state index in [4.69, 9.17) is 0 Å². The lowest BCUT2D eigenvalue weighted by Gasteiger charge is -2.12. The first-order valence-electron chi connectivity index (χ1n) is 8.82. The van der Waals surface area contributed by atoms with E-state index in [1.807, 2.05) is 40.7 Å². The SMILES string of the molecule is Cc1cc(C)c(NC(=O)Cc2c(C)nn(-c3ccc(F)cc3)c2C)c(C)n1. The number of carbonyl (C=O) groups excluding carboxylic acids is 1. The minimum atomic E-state index is -0.294. The Morgan fingerprint density at radius 3 is 2.37 bits per heavy atom. The highest BCUT2D eigenvalue weighted by molar-refractivity contribution is 5.93. The fourth-order valence-corrected chi connectivity index (χ4v) is 3.32. The number of nitrogens with zero attached hydrogens (tertiary/aromatic N) is 3. The molecule has 0 aliphatic carbocycles. The van der Waals surface area contributed by atoms with Gasteiger partial charge in [-0.05, 0) is 70.5 Å². The lowest BCUT2D eigenvalue weighted by atomic mass is 10.1. The molecule has 1 aromatic carbocycles. The predicted molar refractivity (Wildman–Crippen MR) is 104 cm³/mol. The number of hydrogen-bond acceptors (Lipinski definition) is 3. The molecule has 2 aromatic heterocycles. The van der Waals surface area contributed by atoms with Crippen molar-refractivity contribution >= 4 is 11.6 Å². The molecule has 5 nitrogen and oxygen atoms in total. The summed E-state index contributed by atoms with van der Waals surface area (Å²) in [5.74, 6) is -0.408. The molecule has 0 aliphatic heterocycles. The number of hydrogen-bond donors (Lipinski definition) is 1. The molecule has 1 N–H and O–H groups in total. The topological polar surface area (TPSA) is 59.8 Å². The quantitative estimate of drug-likeness (QED) is 0.755. The predicted octanol–water partition coefficient (Wildman–Crippen LogP) is 4.13. The van der Waals surface area contributed by atoms with E-state index in [0.717, 1.165) is 45.3 Å². The highest BCUT2D eigenvalue weighted by Crippen LogP contribution is 2.22. The Morgan fingerprint density at radius 2 is 1.74 bits per heavy atom. The maximum absolute atomic E-state index is 13.2. The van der Waals surface area contributed by atoms with Crippen LogP contribution in [-0.4, -0.2) is 20.7 Å². The van der Waals surface area contributed by atoms with Crippen LogP contribution < -0.4 is 5.32 Å². The summed E-state index contributed by atoms with van der Waals surface area (Å²) in [4.78, 5) is 17.1. The van der Waals surface area contributed by atoms with Gasteiger partial charge in [0.15, 0.2) is 0 Å². The van der Waals surface area contributed by atoms with E-state index in [9.17, 15) is 9.18 Å². The maximum atomic E-state index is 13.2. The lowest BCUT2D eigenvalue weighted by Crippen LogP contribution is -2.17. The number of nitrogens with one attached hydrogen (secondary N) is 1. The van der Waals surface area contributed by atoms with E-state index < -0.39 is 0 Å². The van der Waals surface area contributed by atoms with Gasteiger partial charge in [0.1, 0.15) is 5.82 Å². The van der Waals surface area contributed by atoms with Gasteiger partial charge >= 0.3 is 0 Å². The van der Waals surface area contributed by atoms with Crippen molar-refractivity contribution in [2.75, 3.05) is 5.32 Å². The van der Waals surface area contributed by atoms with Gasteiger partial charge in [-0.2, -0.15) is 5.10 Å². The molecule has 3 aromatic rings. The summed E-state index contributed by atoms with van der Waals surface area (Å²) in [6, 6.07) is 8.08. The number of halogens is 1. The zero-order chi connectivity index (χ0) is 19.7. The minimum Gasteiger partial charge on any atom is -0.324 e. The second kappa shape index (κ2) is 7.31. The van der Waals surface area contributed by atoms with Crippen LogP contribution in [0.1, 0.15) is 33.9 Å². The van der Waals surface area contributed by atoms with Crippen molar-refractivity contribution in [2.45, 2.75) is 41.0 Å². The van der Waals surface area contributed by atoms with E-state index in [2.05, 4.69) is 15.4 Å². The molecule has 0 fully saturated rings. The Kier molecular flexibility index (Phi) is 5.08. The number of amides is 1. The number of carbonyl (C=O) groups is 1. The summed E-state index contributed by atoms with van der Waals surface area (Å²) in [7, 11) is 0. The van der Waals surface area contributed by atoms with E-state index in [1.165, 1.54) is 12.1 Å². The lowest BCUT2D eigenvalue weighted by molar-refractivity contribution is -0.115. The number of benzene rings is 1. The molecule has 0 saturated heterocycles. The standard InChI is InChI=1S/C21H23FN4O/c1-12-10-13(2)23-15(4)21(12)24-20(27)11-19-14(3)25-26(16(19)5)18-8-6-17(22)7-9-18/h6-10H,11H2,1-5H3,(H,24,27). The third-order valence-corrected chi connectivity index (χ3v) is 4.64. The van der Waals surface area contributed by atoms with Crippen LogP contribution in [0.3, 0.4) is 0 Å². The molecule has 0 aliphatic rings. The molecule has 0 atom stereocenters. The molecule has 0 radical (unpaired) electrons. The summed E-state index contributed by atoms with van der Waals surface area (Å²) >= 11 is 0. The second-order valence-electron chi connectivity index (χ2n) is 6.80. The molecule has 0 bridgehead atoms. The van der Waals surface area contributed by atoms with Gasteiger partial charge in [0, 0.05) is 17.0 Å². The molecule has 0 spiro atoms. The van der Waals surface area contributed by atoms with Crippen LogP contribution in [0.5, 0.6) is 0 Å². The zero-order valence-corrected chi connectivity index (χ0v) is 16.2. The largest absolute Gasteiger partial charge is 0.324 e. The fourth-order valence-electron chi connectivity index (χ4n) is 3.32. The molecule has 3 rings (SSSR count). The van der Waals surface area contributed by atoms with Crippen LogP contribution in [0.25, 0.3) is 5.69 Å². The van der Waals surface area contributed by atoms with Crippen LogP contribution >= 0.6 is 0 Å². The first kappa shape index (κ1) is 18.8. The summed E-state index contributed by atoms with van der Waals surface area (Å²) < 4.78 is 14.9. The van der Waals surface area contributed by atoms with E-state index in [-0.39, 0.29) is 18.1 Å². The van der Waals surface area contributed by atoms with Crippen molar-refractivity contribution in [1.29, 1.82) is 0 Å². The van der Waals surface area contributed by atoms with Crippen molar-refractivity contribution in [1.82, 2.24) is 14.8 Å². The van der Waals surface area contributed by atoms with Crippen molar-refractivity contribution in [3.63, 3.8) is 0 Å². The first-order chi connectivity index (χ1) is 12.8. The molecule has 27 heavy (non-hydrogen) atoms. The first-order valence-corrected chi connectivity index (χ1v) is 8.82. The van der Waals surface area contributed by atoms with E-state index in [0.29, 0.717) is 0 Å². The third kappa shape index (κ3) is 3.89. The van der Waals surface area contributed by atoms with Crippen LogP contribution in [0.4, 0.5) is 10.1 Å². The fraction of sp³-hybridized carbons (Fsp3) is 0.286. The van der Waals surface area contributed by atoms with Gasteiger partial charge in [-0.3, -0.25) is 9.78 Å². The van der Waals surface area contributed by atoms with Gasteiger partial charge < -0.3 is 5.32 Å². The van der Waals surface area contributed by atoms with Gasteiger partial charge in [-0.25, -0.2) is 9.07 Å².